The molecule has 190 valence electrons. The Labute approximate surface area is 202 Å². The molecule has 35 heavy (non-hydrogen) atoms. The summed E-state index contributed by atoms with van der Waals surface area (Å²) in [6, 6.07) is 4.81. The van der Waals surface area contributed by atoms with Crippen LogP contribution in [0, 0.1) is 11.3 Å². The Morgan fingerprint density at radius 2 is 1.94 bits per heavy atom. The van der Waals surface area contributed by atoms with Crippen molar-refractivity contribution >= 4 is 24.1 Å². The molecule has 2 aliphatic heterocycles. The van der Waals surface area contributed by atoms with Crippen LogP contribution in [0.15, 0.2) is 18.2 Å². The van der Waals surface area contributed by atoms with E-state index in [4.69, 9.17) is 4.74 Å². The number of amides is 4. The van der Waals surface area contributed by atoms with E-state index in [-0.39, 0.29) is 36.5 Å². The first-order valence-corrected chi connectivity index (χ1v) is 12.0. The van der Waals surface area contributed by atoms with Crippen molar-refractivity contribution in [1.29, 1.82) is 0 Å². The van der Waals surface area contributed by atoms with E-state index < -0.39 is 17.9 Å². The average molecular weight is 492 g/mol. The van der Waals surface area contributed by atoms with E-state index in [0.29, 0.717) is 50.2 Å². The minimum Gasteiger partial charge on any atom is -0.384 e. The number of imide groups is 1. The molecule has 2 aliphatic carbocycles. The van der Waals surface area contributed by atoms with Crippen LogP contribution in [0.1, 0.15) is 66.4 Å². The minimum absolute atomic E-state index is 0.0905. The molecule has 1 spiro atoms. The lowest BCUT2D eigenvalue weighted by molar-refractivity contribution is -0.137. The fraction of sp³-hybridized carbons (Fsp3) is 0.600. The summed E-state index contributed by atoms with van der Waals surface area (Å²) in [6.45, 7) is 1.47. The summed E-state index contributed by atoms with van der Waals surface area (Å²) in [4.78, 5) is 47.5. The Morgan fingerprint density at radius 3 is 2.60 bits per heavy atom. The lowest BCUT2D eigenvalue weighted by Crippen LogP contribution is -2.52. The van der Waals surface area contributed by atoms with Gasteiger partial charge in [-0.2, -0.15) is 0 Å². The van der Waals surface area contributed by atoms with Gasteiger partial charge in [0, 0.05) is 51.6 Å². The highest BCUT2D eigenvalue weighted by Gasteiger charge is 2.57. The summed E-state index contributed by atoms with van der Waals surface area (Å²) < 4.78 is 30.8. The van der Waals surface area contributed by atoms with Crippen LogP contribution in [-0.4, -0.2) is 54.7 Å². The molecule has 4 aliphatic rings. The molecule has 2 unspecified atom stereocenters. The van der Waals surface area contributed by atoms with Crippen molar-refractivity contribution in [3.05, 3.63) is 34.9 Å². The van der Waals surface area contributed by atoms with Crippen LogP contribution in [0.25, 0.3) is 0 Å². The Kier molecular flexibility index (Phi) is 7.21. The molecule has 1 saturated heterocycles. The van der Waals surface area contributed by atoms with E-state index in [2.05, 4.69) is 10.6 Å². The smallest absolute Gasteiger partial charge is 0.255 e. The molecule has 2 N–H and O–H groups in total. The van der Waals surface area contributed by atoms with Crippen molar-refractivity contribution in [2.45, 2.75) is 70.0 Å². The van der Waals surface area contributed by atoms with Crippen molar-refractivity contribution in [2.75, 3.05) is 13.7 Å². The van der Waals surface area contributed by atoms with Gasteiger partial charge in [-0.25, -0.2) is 8.78 Å². The summed E-state index contributed by atoms with van der Waals surface area (Å²) in [5.41, 5.74) is 2.47. The number of benzene rings is 1. The molecule has 2 atom stereocenters. The van der Waals surface area contributed by atoms with Gasteiger partial charge in [0.15, 0.2) is 0 Å². The van der Waals surface area contributed by atoms with E-state index in [1.54, 1.807) is 13.2 Å². The second kappa shape index (κ2) is 10.0. The van der Waals surface area contributed by atoms with Crippen LogP contribution in [0.2, 0.25) is 0 Å². The van der Waals surface area contributed by atoms with Gasteiger partial charge in [-0.05, 0) is 54.2 Å². The number of fused-ring (bicyclic) bond motifs is 1. The van der Waals surface area contributed by atoms with E-state index in [9.17, 15) is 28.0 Å². The first-order chi connectivity index (χ1) is 16.7. The van der Waals surface area contributed by atoms with Crippen molar-refractivity contribution in [3.8, 4) is 0 Å². The SMILES string of the molecule is COCC1CC12CCC(F)(F)CC2.O=CNCc1ccc2c(c1)C(=O)N(C1CCC(=O)NC1=O)C2. The lowest BCUT2D eigenvalue weighted by atomic mass is 9.82. The standard InChI is InChI=1S/C15H15N3O4.C10H16F2O/c19-8-16-6-9-1-2-10-7-18(15(22)11(10)5-9)12-3-4-13(20)17-14(12)21;1-13-7-8-6-9(8)2-4-10(11,12)5-3-9/h1-2,5,8,12H,3-4,6-7H2,(H,16,19)(H,17,20,21);8H,2-7H2,1H3. The number of hydrogen-bond acceptors (Lipinski definition) is 5. The normalized spacial score (nSPS) is 25.9. The molecule has 0 bridgehead atoms. The maximum absolute atomic E-state index is 12.9. The van der Waals surface area contributed by atoms with Gasteiger partial charge >= 0.3 is 0 Å². The zero-order valence-corrected chi connectivity index (χ0v) is 19.8. The molecule has 10 heteroatoms. The van der Waals surface area contributed by atoms with E-state index in [0.717, 1.165) is 24.2 Å². The maximum atomic E-state index is 12.9. The van der Waals surface area contributed by atoms with Gasteiger partial charge < -0.3 is 15.0 Å². The van der Waals surface area contributed by atoms with E-state index in [1.807, 2.05) is 12.1 Å². The largest absolute Gasteiger partial charge is 0.384 e. The summed E-state index contributed by atoms with van der Waals surface area (Å²) in [6.07, 6.45) is 3.89. The highest BCUT2D eigenvalue weighted by molar-refractivity contribution is 6.05. The predicted octanol–water partition coefficient (Wildman–Crippen LogP) is 2.54. The van der Waals surface area contributed by atoms with Gasteiger partial charge in [0.2, 0.25) is 24.1 Å². The third-order valence-corrected chi connectivity index (χ3v) is 7.69. The number of rotatable bonds is 6. The van der Waals surface area contributed by atoms with Crippen LogP contribution < -0.4 is 10.6 Å². The van der Waals surface area contributed by atoms with Gasteiger partial charge in [-0.15, -0.1) is 0 Å². The number of ether oxygens (including phenoxy) is 1. The number of hydrogen-bond donors (Lipinski definition) is 2. The number of halogens is 2. The van der Waals surface area contributed by atoms with E-state index in [1.165, 1.54) is 4.90 Å². The van der Waals surface area contributed by atoms with Crippen molar-refractivity contribution in [1.82, 2.24) is 15.5 Å². The van der Waals surface area contributed by atoms with Crippen LogP contribution in [0.5, 0.6) is 0 Å². The number of alkyl halides is 2. The third-order valence-electron chi connectivity index (χ3n) is 7.69. The summed E-state index contributed by atoms with van der Waals surface area (Å²) in [7, 11) is 1.68. The molecule has 0 radical (unpaired) electrons. The molecule has 1 aromatic rings. The van der Waals surface area contributed by atoms with Crippen LogP contribution in [0.4, 0.5) is 8.78 Å². The van der Waals surface area contributed by atoms with Gasteiger partial charge in [-0.3, -0.25) is 24.5 Å². The number of methoxy groups -OCH3 is 1. The number of carbonyl (C=O) groups is 4. The van der Waals surface area contributed by atoms with Gasteiger partial charge in [0.05, 0.1) is 0 Å². The highest BCUT2D eigenvalue weighted by Crippen LogP contribution is 2.63. The quantitative estimate of drug-likeness (QED) is 0.470. The molecule has 5 rings (SSSR count). The summed E-state index contributed by atoms with van der Waals surface area (Å²) >= 11 is 0. The lowest BCUT2D eigenvalue weighted by Gasteiger charge is -2.29. The van der Waals surface area contributed by atoms with Crippen LogP contribution >= 0.6 is 0 Å². The highest BCUT2D eigenvalue weighted by atomic mass is 19.3. The van der Waals surface area contributed by atoms with Gasteiger partial charge in [-0.1, -0.05) is 12.1 Å². The van der Waals surface area contributed by atoms with Crippen molar-refractivity contribution in [2.24, 2.45) is 11.3 Å². The number of nitrogens with one attached hydrogen (secondary N) is 2. The molecule has 3 fully saturated rings. The van der Waals surface area contributed by atoms with Crippen LogP contribution in [0.3, 0.4) is 0 Å². The predicted molar refractivity (Wildman–Crippen MR) is 121 cm³/mol. The topological polar surface area (TPSA) is 105 Å². The summed E-state index contributed by atoms with van der Waals surface area (Å²) in [5.74, 6) is -2.75. The Morgan fingerprint density at radius 1 is 1.20 bits per heavy atom. The summed E-state index contributed by atoms with van der Waals surface area (Å²) in [5, 5.41) is 4.82. The minimum atomic E-state index is -2.38. The Bertz CT molecular complexity index is 1000. The second-order valence-corrected chi connectivity index (χ2v) is 9.96. The molecular weight excluding hydrogens is 460 g/mol. The third kappa shape index (κ3) is 5.52. The van der Waals surface area contributed by atoms with Crippen molar-refractivity contribution < 1.29 is 32.7 Å². The zero-order valence-electron chi connectivity index (χ0n) is 19.8. The number of nitrogens with zero attached hydrogens (tertiary/aromatic N) is 1. The zero-order chi connectivity index (χ0) is 25.2. The first kappa shape index (κ1) is 25.2. The van der Waals surface area contributed by atoms with Gasteiger partial charge in [0.1, 0.15) is 6.04 Å². The Hall–Kier alpha value is -2.88. The second-order valence-electron chi connectivity index (χ2n) is 9.96. The fourth-order valence-electron chi connectivity index (χ4n) is 5.47. The number of carbonyl (C=O) groups excluding carboxylic acids is 4. The molecule has 2 heterocycles. The number of piperidine rings is 1. The molecule has 2 saturated carbocycles. The molecule has 0 aromatic heterocycles. The average Bonchev–Trinajstić information content (AvgIpc) is 3.40. The maximum Gasteiger partial charge on any atom is 0.255 e. The molecule has 8 nitrogen and oxygen atoms in total. The first-order valence-electron chi connectivity index (χ1n) is 12.0. The van der Waals surface area contributed by atoms with Crippen LogP contribution in [-0.2, 0) is 32.2 Å². The fourth-order valence-corrected chi connectivity index (χ4v) is 5.47. The molecule has 4 amide bonds. The van der Waals surface area contributed by atoms with E-state index >= 15 is 0 Å². The Balaban J connectivity index is 0.000000189. The monoisotopic (exact) mass is 491 g/mol. The van der Waals surface area contributed by atoms with Crippen molar-refractivity contribution in [3.63, 3.8) is 0 Å². The molecule has 1 aromatic carbocycles. The molecular formula is C25H31F2N3O5. The van der Waals surface area contributed by atoms with Gasteiger partial charge in [0.25, 0.3) is 5.91 Å².